The van der Waals surface area contributed by atoms with Gasteiger partial charge in [-0.25, -0.2) is 4.39 Å². The Bertz CT molecular complexity index is 601. The number of hydrogen-bond donors (Lipinski definition) is 2. The number of benzene rings is 2. The lowest BCUT2D eigenvalue weighted by Gasteiger charge is -2.09. The number of carbonyl (C=O) groups is 1. The Kier molecular flexibility index (Phi) is 3.48. The van der Waals surface area contributed by atoms with Gasteiger partial charge in [0.2, 0.25) is 0 Å². The zero-order valence-corrected chi connectivity index (χ0v) is 10.0. The van der Waals surface area contributed by atoms with Crippen LogP contribution in [0.5, 0.6) is 0 Å². The monoisotopic (exact) mass is 264 g/mol. The van der Waals surface area contributed by atoms with Gasteiger partial charge in [0.1, 0.15) is 5.82 Å². The van der Waals surface area contributed by atoms with E-state index in [0.29, 0.717) is 11.4 Å². The third kappa shape index (κ3) is 2.43. The molecule has 3 nitrogen and oxygen atoms in total. The smallest absolute Gasteiger partial charge is 0.257 e. The zero-order valence-electron chi connectivity index (χ0n) is 9.28. The largest absolute Gasteiger partial charge is 0.397 e. The van der Waals surface area contributed by atoms with Crippen molar-refractivity contribution in [2.45, 2.75) is 0 Å². The molecule has 0 saturated carbocycles. The van der Waals surface area contributed by atoms with Crippen LogP contribution in [-0.2, 0) is 0 Å². The van der Waals surface area contributed by atoms with E-state index in [2.05, 4.69) is 5.32 Å². The van der Waals surface area contributed by atoms with Crippen molar-refractivity contribution in [1.82, 2.24) is 0 Å². The van der Waals surface area contributed by atoms with Crippen LogP contribution in [0, 0.1) is 5.82 Å². The standard InChI is InChI=1S/C13H10ClFN2O/c14-12-8(4-3-5-9(12)15)13(18)17-11-7-2-1-6-10(11)16/h1-7H,16H2,(H,17,18). The molecule has 2 rings (SSSR count). The third-order valence-electron chi connectivity index (χ3n) is 2.41. The van der Waals surface area contributed by atoms with E-state index in [9.17, 15) is 9.18 Å². The number of amides is 1. The average Bonchev–Trinajstić information content (AvgIpc) is 2.35. The summed E-state index contributed by atoms with van der Waals surface area (Å²) in [6.07, 6.45) is 0. The number of halogens is 2. The molecule has 0 aliphatic rings. The van der Waals surface area contributed by atoms with E-state index in [4.69, 9.17) is 17.3 Å². The van der Waals surface area contributed by atoms with E-state index >= 15 is 0 Å². The molecule has 0 fully saturated rings. The fourth-order valence-electron chi connectivity index (χ4n) is 1.48. The van der Waals surface area contributed by atoms with Crippen molar-refractivity contribution >= 4 is 28.9 Å². The SMILES string of the molecule is Nc1ccccc1NC(=O)c1cccc(F)c1Cl. The van der Waals surface area contributed by atoms with Crippen molar-refractivity contribution in [3.63, 3.8) is 0 Å². The van der Waals surface area contributed by atoms with Crippen LogP contribution in [0.15, 0.2) is 42.5 Å². The predicted molar refractivity (Wildman–Crippen MR) is 70.2 cm³/mol. The molecule has 5 heteroatoms. The molecule has 0 saturated heterocycles. The summed E-state index contributed by atoms with van der Waals surface area (Å²) in [5.41, 5.74) is 6.65. The number of carbonyl (C=O) groups excluding carboxylic acids is 1. The number of anilines is 2. The quantitative estimate of drug-likeness (QED) is 0.818. The molecule has 0 aliphatic heterocycles. The molecule has 0 aliphatic carbocycles. The summed E-state index contributed by atoms with van der Waals surface area (Å²) in [4.78, 5) is 11.9. The number of hydrogen-bond acceptors (Lipinski definition) is 2. The second kappa shape index (κ2) is 5.06. The number of nitrogens with two attached hydrogens (primary N) is 1. The molecule has 1 amide bonds. The summed E-state index contributed by atoms with van der Waals surface area (Å²) in [7, 11) is 0. The van der Waals surface area contributed by atoms with Gasteiger partial charge in [-0.05, 0) is 24.3 Å². The number of nitrogen functional groups attached to an aromatic ring is 1. The zero-order chi connectivity index (χ0) is 13.1. The van der Waals surface area contributed by atoms with Gasteiger partial charge in [-0.2, -0.15) is 0 Å². The molecule has 0 aromatic heterocycles. The van der Waals surface area contributed by atoms with Gasteiger partial charge in [0.15, 0.2) is 0 Å². The molecule has 0 unspecified atom stereocenters. The Morgan fingerprint density at radius 2 is 1.89 bits per heavy atom. The first-order valence-electron chi connectivity index (χ1n) is 5.19. The fourth-order valence-corrected chi connectivity index (χ4v) is 1.69. The van der Waals surface area contributed by atoms with Crippen LogP contribution in [0.4, 0.5) is 15.8 Å². The molecule has 0 atom stereocenters. The van der Waals surface area contributed by atoms with Crippen molar-refractivity contribution in [2.75, 3.05) is 11.1 Å². The highest BCUT2D eigenvalue weighted by Crippen LogP contribution is 2.22. The second-order valence-electron chi connectivity index (χ2n) is 3.64. The lowest BCUT2D eigenvalue weighted by Crippen LogP contribution is -2.14. The first kappa shape index (κ1) is 12.4. The van der Waals surface area contributed by atoms with Crippen LogP contribution in [-0.4, -0.2) is 5.91 Å². The van der Waals surface area contributed by atoms with E-state index in [0.717, 1.165) is 0 Å². The van der Waals surface area contributed by atoms with Crippen molar-refractivity contribution in [3.8, 4) is 0 Å². The summed E-state index contributed by atoms with van der Waals surface area (Å²) in [6, 6.07) is 10.9. The van der Waals surface area contributed by atoms with Gasteiger partial charge >= 0.3 is 0 Å². The summed E-state index contributed by atoms with van der Waals surface area (Å²) in [6.45, 7) is 0. The average molecular weight is 265 g/mol. The molecule has 92 valence electrons. The first-order valence-corrected chi connectivity index (χ1v) is 5.57. The highest BCUT2D eigenvalue weighted by Gasteiger charge is 2.14. The molecule has 3 N–H and O–H groups in total. The lowest BCUT2D eigenvalue weighted by molar-refractivity contribution is 0.102. The van der Waals surface area contributed by atoms with Crippen molar-refractivity contribution < 1.29 is 9.18 Å². The lowest BCUT2D eigenvalue weighted by atomic mass is 10.2. The van der Waals surface area contributed by atoms with Gasteiger partial charge in [0.25, 0.3) is 5.91 Å². The molecular weight excluding hydrogens is 255 g/mol. The van der Waals surface area contributed by atoms with Gasteiger partial charge in [-0.15, -0.1) is 0 Å². The third-order valence-corrected chi connectivity index (χ3v) is 2.79. The predicted octanol–water partition coefficient (Wildman–Crippen LogP) is 3.31. The summed E-state index contributed by atoms with van der Waals surface area (Å²) in [5, 5.41) is 2.38. The van der Waals surface area contributed by atoms with Crippen LogP contribution >= 0.6 is 11.6 Å². The van der Waals surface area contributed by atoms with Crippen LogP contribution in [0.25, 0.3) is 0 Å². The van der Waals surface area contributed by atoms with E-state index in [-0.39, 0.29) is 10.6 Å². The van der Waals surface area contributed by atoms with Crippen LogP contribution < -0.4 is 11.1 Å². The van der Waals surface area contributed by atoms with Crippen LogP contribution in [0.2, 0.25) is 5.02 Å². The first-order chi connectivity index (χ1) is 8.59. The Morgan fingerprint density at radius 1 is 1.17 bits per heavy atom. The van der Waals surface area contributed by atoms with E-state index in [1.807, 2.05) is 0 Å². The van der Waals surface area contributed by atoms with Crippen molar-refractivity contribution in [1.29, 1.82) is 0 Å². The normalized spacial score (nSPS) is 10.1. The maximum atomic E-state index is 13.2. The molecule has 0 heterocycles. The van der Waals surface area contributed by atoms with Gasteiger partial charge in [0, 0.05) is 0 Å². The number of nitrogens with one attached hydrogen (secondary N) is 1. The number of rotatable bonds is 2. The molecule has 18 heavy (non-hydrogen) atoms. The molecule has 0 radical (unpaired) electrons. The summed E-state index contributed by atoms with van der Waals surface area (Å²) < 4.78 is 13.2. The maximum Gasteiger partial charge on any atom is 0.257 e. The van der Waals surface area contributed by atoms with E-state index in [1.54, 1.807) is 24.3 Å². The second-order valence-corrected chi connectivity index (χ2v) is 4.02. The molecular formula is C13H10ClFN2O. The van der Waals surface area contributed by atoms with Crippen LogP contribution in [0.3, 0.4) is 0 Å². The maximum absolute atomic E-state index is 13.2. The van der Waals surface area contributed by atoms with E-state index < -0.39 is 11.7 Å². The Labute approximate surface area is 108 Å². The fraction of sp³-hybridized carbons (Fsp3) is 0. The van der Waals surface area contributed by atoms with Gasteiger partial charge in [-0.3, -0.25) is 4.79 Å². The molecule has 2 aromatic rings. The summed E-state index contributed by atoms with van der Waals surface area (Å²) >= 11 is 5.73. The molecule has 0 bridgehead atoms. The molecule has 0 spiro atoms. The highest BCUT2D eigenvalue weighted by atomic mass is 35.5. The minimum absolute atomic E-state index is 0.0694. The van der Waals surface area contributed by atoms with Gasteiger partial charge < -0.3 is 11.1 Å². The highest BCUT2D eigenvalue weighted by molar-refractivity contribution is 6.34. The molecule has 2 aromatic carbocycles. The van der Waals surface area contributed by atoms with Crippen molar-refractivity contribution in [3.05, 3.63) is 58.9 Å². The summed E-state index contributed by atoms with van der Waals surface area (Å²) in [5.74, 6) is -1.14. The minimum atomic E-state index is -0.634. The topological polar surface area (TPSA) is 55.1 Å². The Hall–Kier alpha value is -2.07. The Morgan fingerprint density at radius 3 is 2.61 bits per heavy atom. The van der Waals surface area contributed by atoms with E-state index in [1.165, 1.54) is 18.2 Å². The van der Waals surface area contributed by atoms with Gasteiger partial charge in [0.05, 0.1) is 22.0 Å². The number of para-hydroxylation sites is 2. The van der Waals surface area contributed by atoms with Crippen LogP contribution in [0.1, 0.15) is 10.4 Å². The van der Waals surface area contributed by atoms with Gasteiger partial charge in [-0.1, -0.05) is 29.8 Å². The van der Waals surface area contributed by atoms with Crippen molar-refractivity contribution in [2.24, 2.45) is 0 Å². The Balaban J connectivity index is 2.28. The minimum Gasteiger partial charge on any atom is -0.397 e.